The average Bonchev–Trinajstić information content (AvgIpc) is 3.55. The molecule has 1 unspecified atom stereocenters. The minimum absolute atomic E-state index is 0.0616. The molecular formula is C22H22N4OS. The molecule has 1 aromatic heterocycles. The van der Waals surface area contributed by atoms with Crippen LogP contribution in [0.3, 0.4) is 0 Å². The number of aromatic nitrogens is 2. The van der Waals surface area contributed by atoms with Crippen molar-refractivity contribution in [2.75, 3.05) is 5.32 Å². The highest BCUT2D eigenvalue weighted by Crippen LogP contribution is 2.41. The molecule has 3 aromatic rings. The molecule has 0 aliphatic heterocycles. The topological polar surface area (TPSA) is 66.9 Å². The summed E-state index contributed by atoms with van der Waals surface area (Å²) in [6.45, 7) is 1.99. The van der Waals surface area contributed by atoms with Crippen molar-refractivity contribution in [3.05, 3.63) is 78.1 Å². The van der Waals surface area contributed by atoms with Crippen molar-refractivity contribution in [3.8, 4) is 0 Å². The van der Waals surface area contributed by atoms with Gasteiger partial charge in [-0.3, -0.25) is 0 Å². The Kier molecular flexibility index (Phi) is 5.58. The molecular weight excluding hydrogens is 368 g/mol. The van der Waals surface area contributed by atoms with Crippen LogP contribution in [0.15, 0.2) is 77.0 Å². The second-order valence-corrected chi connectivity index (χ2v) is 7.98. The average molecular weight is 391 g/mol. The highest BCUT2D eigenvalue weighted by atomic mass is 32.2. The molecule has 1 fully saturated rings. The molecule has 6 heteroatoms. The summed E-state index contributed by atoms with van der Waals surface area (Å²) in [6, 6.07) is 17.8. The zero-order chi connectivity index (χ0) is 19.3. The van der Waals surface area contributed by atoms with Crippen LogP contribution in [0.1, 0.15) is 30.0 Å². The molecule has 2 amide bonds. The van der Waals surface area contributed by atoms with Gasteiger partial charge in [-0.2, -0.15) is 0 Å². The predicted molar refractivity (Wildman–Crippen MR) is 111 cm³/mol. The van der Waals surface area contributed by atoms with E-state index in [2.05, 4.69) is 32.7 Å². The van der Waals surface area contributed by atoms with Gasteiger partial charge < -0.3 is 10.6 Å². The van der Waals surface area contributed by atoms with Crippen molar-refractivity contribution < 1.29 is 4.79 Å². The van der Waals surface area contributed by atoms with E-state index in [0.717, 1.165) is 34.6 Å². The number of carbonyl (C=O) groups excluding carboxylic acids is 1. The largest absolute Gasteiger partial charge is 0.331 e. The smallest absolute Gasteiger partial charge is 0.319 e. The van der Waals surface area contributed by atoms with Gasteiger partial charge in [0.1, 0.15) is 0 Å². The fourth-order valence-corrected chi connectivity index (χ4v) is 3.96. The molecule has 0 bridgehead atoms. The number of hydrogen-bond acceptors (Lipinski definition) is 4. The lowest BCUT2D eigenvalue weighted by Crippen LogP contribution is -2.33. The number of urea groups is 1. The van der Waals surface area contributed by atoms with Crippen molar-refractivity contribution in [1.29, 1.82) is 0 Å². The molecule has 2 N–H and O–H groups in total. The Labute approximate surface area is 169 Å². The molecule has 28 heavy (non-hydrogen) atoms. The van der Waals surface area contributed by atoms with Crippen molar-refractivity contribution >= 4 is 23.5 Å². The summed E-state index contributed by atoms with van der Waals surface area (Å²) in [7, 11) is 0. The molecule has 4 rings (SSSR count). The lowest BCUT2D eigenvalue weighted by molar-refractivity contribution is 0.247. The summed E-state index contributed by atoms with van der Waals surface area (Å²) in [4.78, 5) is 22.1. The number of nitrogens with zero attached hydrogens (tertiary/aromatic N) is 2. The standard InChI is InChI=1S/C22H22N4OS/c1-15-14-18(28-22-23-12-5-13-24-22)10-11-19(15)25-21(27)26-20(17-8-9-17)16-6-3-2-4-7-16/h2-7,10-14,17,20H,8-9H2,1H3,(H2,25,26,27). The normalized spacial score (nSPS) is 14.3. The Balaban J connectivity index is 1.41. The van der Waals surface area contributed by atoms with E-state index in [1.807, 2.05) is 43.3 Å². The van der Waals surface area contributed by atoms with E-state index in [4.69, 9.17) is 0 Å². The van der Waals surface area contributed by atoms with Gasteiger partial charge in [-0.25, -0.2) is 14.8 Å². The minimum atomic E-state index is -0.171. The maximum Gasteiger partial charge on any atom is 0.319 e. The zero-order valence-corrected chi connectivity index (χ0v) is 16.4. The van der Waals surface area contributed by atoms with Crippen LogP contribution < -0.4 is 10.6 Å². The van der Waals surface area contributed by atoms with Crippen molar-refractivity contribution in [3.63, 3.8) is 0 Å². The third-order valence-corrected chi connectivity index (χ3v) is 5.62. The number of anilines is 1. The SMILES string of the molecule is Cc1cc(Sc2ncccn2)ccc1NC(=O)NC(c1ccccc1)C1CC1. The van der Waals surface area contributed by atoms with E-state index < -0.39 is 0 Å². The van der Waals surface area contributed by atoms with Crippen LogP contribution in [-0.2, 0) is 0 Å². The number of benzene rings is 2. The first kappa shape index (κ1) is 18.5. The second-order valence-electron chi connectivity index (χ2n) is 6.93. The van der Waals surface area contributed by atoms with Crippen molar-refractivity contribution in [2.45, 2.75) is 35.9 Å². The van der Waals surface area contributed by atoms with Gasteiger partial charge in [0, 0.05) is 23.0 Å². The molecule has 0 spiro atoms. The molecule has 1 aliphatic carbocycles. The number of aryl methyl sites for hydroxylation is 1. The van der Waals surface area contributed by atoms with Gasteiger partial charge in [-0.1, -0.05) is 30.3 Å². The van der Waals surface area contributed by atoms with Gasteiger partial charge in [0.15, 0.2) is 5.16 Å². The summed E-state index contributed by atoms with van der Waals surface area (Å²) >= 11 is 1.50. The van der Waals surface area contributed by atoms with E-state index in [9.17, 15) is 4.79 Å². The Morgan fingerprint density at radius 2 is 1.82 bits per heavy atom. The van der Waals surface area contributed by atoms with E-state index in [1.54, 1.807) is 18.5 Å². The molecule has 1 heterocycles. The van der Waals surface area contributed by atoms with E-state index in [0.29, 0.717) is 11.1 Å². The Morgan fingerprint density at radius 3 is 2.50 bits per heavy atom. The molecule has 5 nitrogen and oxygen atoms in total. The number of carbonyl (C=O) groups is 1. The molecule has 1 atom stereocenters. The zero-order valence-electron chi connectivity index (χ0n) is 15.6. The first-order valence-corrected chi connectivity index (χ1v) is 10.2. The molecule has 2 aromatic carbocycles. The minimum Gasteiger partial charge on any atom is -0.331 e. The summed E-state index contributed by atoms with van der Waals surface area (Å²) in [5, 5.41) is 6.85. The van der Waals surface area contributed by atoms with Crippen LogP contribution in [0.2, 0.25) is 0 Å². The Bertz CT molecular complexity index is 945. The number of hydrogen-bond donors (Lipinski definition) is 2. The van der Waals surface area contributed by atoms with E-state index in [-0.39, 0.29) is 12.1 Å². The Morgan fingerprint density at radius 1 is 1.07 bits per heavy atom. The van der Waals surface area contributed by atoms with E-state index in [1.165, 1.54) is 11.8 Å². The van der Waals surface area contributed by atoms with Crippen molar-refractivity contribution in [1.82, 2.24) is 15.3 Å². The maximum absolute atomic E-state index is 12.6. The number of amides is 2. The van der Waals surface area contributed by atoms with Crippen LogP contribution in [0, 0.1) is 12.8 Å². The van der Waals surface area contributed by atoms with Crippen LogP contribution >= 0.6 is 11.8 Å². The number of nitrogens with one attached hydrogen (secondary N) is 2. The Hall–Kier alpha value is -2.86. The monoisotopic (exact) mass is 390 g/mol. The third kappa shape index (κ3) is 4.70. The second kappa shape index (κ2) is 8.44. The summed E-state index contributed by atoms with van der Waals surface area (Å²) < 4.78 is 0. The lowest BCUT2D eigenvalue weighted by atomic mass is 10.0. The van der Waals surface area contributed by atoms with Crippen LogP contribution in [0.4, 0.5) is 10.5 Å². The lowest BCUT2D eigenvalue weighted by Gasteiger charge is -2.20. The third-order valence-electron chi connectivity index (χ3n) is 4.74. The molecule has 1 aliphatic rings. The van der Waals surface area contributed by atoms with Gasteiger partial charge in [0.05, 0.1) is 6.04 Å². The van der Waals surface area contributed by atoms with Gasteiger partial charge in [-0.05, 0) is 72.8 Å². The van der Waals surface area contributed by atoms with Crippen LogP contribution in [-0.4, -0.2) is 16.0 Å². The highest BCUT2D eigenvalue weighted by molar-refractivity contribution is 7.99. The highest BCUT2D eigenvalue weighted by Gasteiger charge is 2.33. The fraction of sp³-hybridized carbons (Fsp3) is 0.227. The first-order chi connectivity index (χ1) is 13.7. The molecule has 1 saturated carbocycles. The van der Waals surface area contributed by atoms with Gasteiger partial charge in [0.25, 0.3) is 0 Å². The van der Waals surface area contributed by atoms with Gasteiger partial charge >= 0.3 is 6.03 Å². The van der Waals surface area contributed by atoms with Crippen LogP contribution in [0.25, 0.3) is 0 Å². The van der Waals surface area contributed by atoms with Gasteiger partial charge in [0.2, 0.25) is 0 Å². The first-order valence-electron chi connectivity index (χ1n) is 9.37. The molecule has 142 valence electrons. The summed E-state index contributed by atoms with van der Waals surface area (Å²) in [5.41, 5.74) is 2.96. The molecule has 0 saturated heterocycles. The van der Waals surface area contributed by atoms with E-state index >= 15 is 0 Å². The maximum atomic E-state index is 12.6. The summed E-state index contributed by atoms with van der Waals surface area (Å²) in [6.07, 6.45) is 5.77. The molecule has 0 radical (unpaired) electrons. The summed E-state index contributed by atoms with van der Waals surface area (Å²) in [5.74, 6) is 0.527. The van der Waals surface area contributed by atoms with Gasteiger partial charge in [-0.15, -0.1) is 0 Å². The predicted octanol–water partition coefficient (Wildman–Crippen LogP) is 5.21. The van der Waals surface area contributed by atoms with Crippen LogP contribution in [0.5, 0.6) is 0 Å². The number of rotatable bonds is 6. The van der Waals surface area contributed by atoms with Crippen molar-refractivity contribution in [2.24, 2.45) is 5.92 Å². The fourth-order valence-electron chi connectivity index (χ4n) is 3.15. The quantitative estimate of drug-likeness (QED) is 0.567.